The van der Waals surface area contributed by atoms with Crippen LogP contribution < -0.4 is 10.6 Å². The highest BCUT2D eigenvalue weighted by Crippen LogP contribution is 2.31. The first-order valence-electron chi connectivity index (χ1n) is 6.28. The third-order valence-electron chi connectivity index (χ3n) is 3.54. The van der Waals surface area contributed by atoms with Gasteiger partial charge in [0.2, 0.25) is 0 Å². The van der Waals surface area contributed by atoms with Crippen molar-refractivity contribution >= 4 is 27.5 Å². The van der Waals surface area contributed by atoms with Gasteiger partial charge in [-0.25, -0.2) is 0 Å². The predicted molar refractivity (Wildman–Crippen MR) is 83.0 cm³/mol. The van der Waals surface area contributed by atoms with Gasteiger partial charge in [-0.2, -0.15) is 0 Å². The summed E-state index contributed by atoms with van der Waals surface area (Å²) in [5, 5.41) is 11.8. The molecule has 1 heterocycles. The molecule has 102 valence electrons. The zero-order chi connectivity index (χ0) is 14.1. The highest BCUT2D eigenvalue weighted by Gasteiger charge is 2.19. The monoisotopic (exact) mass is 331 g/mol. The molecule has 0 atom stereocenters. The second kappa shape index (κ2) is 5.17. The van der Waals surface area contributed by atoms with Crippen molar-refractivity contribution in [3.05, 3.63) is 63.6 Å². The maximum absolute atomic E-state index is 8.74. The van der Waals surface area contributed by atoms with Gasteiger partial charge in [-0.1, -0.05) is 29.4 Å². The minimum absolute atomic E-state index is 0.105. The molecule has 3 rings (SSSR count). The van der Waals surface area contributed by atoms with Crippen molar-refractivity contribution < 1.29 is 5.21 Å². The molecule has 0 amide bonds. The standard InChI is InChI=1S/C15H14BrN3O/c16-14-7-12(5-6-13(14)15(17)18-20)19-8-10-3-1-2-4-11(10)9-19/h1-7,20H,8-9H2,(H2,17,18). The summed E-state index contributed by atoms with van der Waals surface area (Å²) < 4.78 is 0.821. The van der Waals surface area contributed by atoms with Crippen LogP contribution in [0.2, 0.25) is 0 Å². The van der Waals surface area contributed by atoms with E-state index >= 15 is 0 Å². The molecule has 0 radical (unpaired) electrons. The van der Waals surface area contributed by atoms with Gasteiger partial charge >= 0.3 is 0 Å². The molecule has 0 aliphatic carbocycles. The molecule has 20 heavy (non-hydrogen) atoms. The number of oxime groups is 1. The summed E-state index contributed by atoms with van der Waals surface area (Å²) in [5.41, 5.74) is 10.2. The highest BCUT2D eigenvalue weighted by atomic mass is 79.9. The molecule has 2 aromatic rings. The quantitative estimate of drug-likeness (QED) is 0.385. The summed E-state index contributed by atoms with van der Waals surface area (Å²) in [7, 11) is 0. The minimum Gasteiger partial charge on any atom is -0.409 e. The summed E-state index contributed by atoms with van der Waals surface area (Å²) in [5.74, 6) is 0.105. The van der Waals surface area contributed by atoms with Crippen molar-refractivity contribution in [1.82, 2.24) is 0 Å². The molecule has 1 aliphatic rings. The first kappa shape index (κ1) is 13.0. The van der Waals surface area contributed by atoms with Crippen LogP contribution in [-0.2, 0) is 13.1 Å². The Labute approximate surface area is 125 Å². The molecule has 0 fully saturated rings. The number of rotatable bonds is 2. The Morgan fingerprint density at radius 2 is 1.80 bits per heavy atom. The van der Waals surface area contributed by atoms with Crippen molar-refractivity contribution in [3.63, 3.8) is 0 Å². The number of benzene rings is 2. The fourth-order valence-corrected chi connectivity index (χ4v) is 3.05. The summed E-state index contributed by atoms with van der Waals surface area (Å²) in [6.45, 7) is 1.82. The van der Waals surface area contributed by atoms with Crippen LogP contribution in [-0.4, -0.2) is 11.0 Å². The first-order valence-corrected chi connectivity index (χ1v) is 7.07. The number of hydrogen-bond donors (Lipinski definition) is 2. The predicted octanol–water partition coefficient (Wildman–Crippen LogP) is 3.06. The molecular formula is C15H14BrN3O. The average molecular weight is 332 g/mol. The van der Waals surface area contributed by atoms with E-state index in [9.17, 15) is 0 Å². The number of hydrogen-bond acceptors (Lipinski definition) is 3. The van der Waals surface area contributed by atoms with Crippen LogP contribution in [0, 0.1) is 0 Å². The van der Waals surface area contributed by atoms with Crippen LogP contribution in [0.25, 0.3) is 0 Å². The van der Waals surface area contributed by atoms with E-state index in [0.29, 0.717) is 5.56 Å². The molecule has 4 nitrogen and oxygen atoms in total. The van der Waals surface area contributed by atoms with E-state index in [2.05, 4.69) is 50.3 Å². The lowest BCUT2D eigenvalue weighted by Crippen LogP contribution is -2.17. The van der Waals surface area contributed by atoms with Crippen LogP contribution in [0.4, 0.5) is 5.69 Å². The molecule has 0 saturated heterocycles. The molecule has 3 N–H and O–H groups in total. The number of amidine groups is 1. The van der Waals surface area contributed by atoms with Gasteiger partial charge in [-0.05, 0) is 45.3 Å². The van der Waals surface area contributed by atoms with Crippen molar-refractivity contribution in [3.8, 4) is 0 Å². The average Bonchev–Trinajstić information content (AvgIpc) is 2.90. The number of anilines is 1. The number of nitrogens with zero attached hydrogens (tertiary/aromatic N) is 2. The van der Waals surface area contributed by atoms with E-state index in [1.54, 1.807) is 0 Å². The third kappa shape index (κ3) is 2.25. The van der Waals surface area contributed by atoms with Gasteiger partial charge in [0.05, 0.1) is 0 Å². The zero-order valence-electron chi connectivity index (χ0n) is 10.8. The molecule has 0 spiro atoms. The Morgan fingerprint density at radius 3 is 2.35 bits per heavy atom. The third-order valence-corrected chi connectivity index (χ3v) is 4.20. The second-order valence-electron chi connectivity index (χ2n) is 4.77. The van der Waals surface area contributed by atoms with E-state index in [0.717, 1.165) is 23.2 Å². The van der Waals surface area contributed by atoms with E-state index in [-0.39, 0.29) is 5.84 Å². The molecule has 5 heteroatoms. The highest BCUT2D eigenvalue weighted by molar-refractivity contribution is 9.10. The Kier molecular flexibility index (Phi) is 3.36. The van der Waals surface area contributed by atoms with Crippen LogP contribution in [0.15, 0.2) is 52.1 Å². The Balaban J connectivity index is 1.89. The van der Waals surface area contributed by atoms with Gasteiger partial charge in [-0.15, -0.1) is 0 Å². The molecule has 0 unspecified atom stereocenters. The number of nitrogens with two attached hydrogens (primary N) is 1. The first-order chi connectivity index (χ1) is 9.69. The Bertz CT molecular complexity index is 660. The van der Waals surface area contributed by atoms with Crippen molar-refractivity contribution in [2.75, 3.05) is 4.90 Å². The maximum atomic E-state index is 8.74. The molecule has 1 aliphatic heterocycles. The number of fused-ring (bicyclic) bond motifs is 1. The fourth-order valence-electron chi connectivity index (χ4n) is 2.48. The smallest absolute Gasteiger partial charge is 0.171 e. The lowest BCUT2D eigenvalue weighted by molar-refractivity contribution is 0.318. The van der Waals surface area contributed by atoms with Crippen LogP contribution in [0.3, 0.4) is 0 Å². The fraction of sp³-hybridized carbons (Fsp3) is 0.133. The molecule has 0 bridgehead atoms. The van der Waals surface area contributed by atoms with Gasteiger partial charge in [0.1, 0.15) is 0 Å². The van der Waals surface area contributed by atoms with E-state index < -0.39 is 0 Å². The Morgan fingerprint density at radius 1 is 1.15 bits per heavy atom. The summed E-state index contributed by atoms with van der Waals surface area (Å²) in [6.07, 6.45) is 0. The molecule has 0 saturated carbocycles. The molecule has 2 aromatic carbocycles. The SMILES string of the molecule is N/C(=N/O)c1ccc(N2Cc3ccccc3C2)cc1Br. The van der Waals surface area contributed by atoms with Gasteiger partial charge in [-0.3, -0.25) is 0 Å². The van der Waals surface area contributed by atoms with E-state index in [4.69, 9.17) is 10.9 Å². The maximum Gasteiger partial charge on any atom is 0.171 e. The summed E-state index contributed by atoms with van der Waals surface area (Å²) >= 11 is 3.47. The summed E-state index contributed by atoms with van der Waals surface area (Å²) in [4.78, 5) is 2.30. The largest absolute Gasteiger partial charge is 0.409 e. The lowest BCUT2D eigenvalue weighted by atomic mass is 10.1. The van der Waals surface area contributed by atoms with Gasteiger partial charge < -0.3 is 15.8 Å². The van der Waals surface area contributed by atoms with Crippen molar-refractivity contribution in [2.45, 2.75) is 13.1 Å². The van der Waals surface area contributed by atoms with Gasteiger partial charge in [0.25, 0.3) is 0 Å². The van der Waals surface area contributed by atoms with Crippen molar-refractivity contribution in [1.29, 1.82) is 0 Å². The van der Waals surface area contributed by atoms with Gasteiger partial charge in [0.15, 0.2) is 5.84 Å². The van der Waals surface area contributed by atoms with Crippen LogP contribution in [0.1, 0.15) is 16.7 Å². The van der Waals surface area contributed by atoms with Gasteiger partial charge in [0, 0.05) is 28.8 Å². The zero-order valence-corrected chi connectivity index (χ0v) is 12.3. The van der Waals surface area contributed by atoms with Crippen LogP contribution in [0.5, 0.6) is 0 Å². The normalized spacial score (nSPS) is 14.4. The Hall–Kier alpha value is -2.01. The van der Waals surface area contributed by atoms with Crippen LogP contribution >= 0.6 is 15.9 Å². The minimum atomic E-state index is 0.105. The molecule has 0 aromatic heterocycles. The molecular weight excluding hydrogens is 318 g/mol. The topological polar surface area (TPSA) is 61.9 Å². The van der Waals surface area contributed by atoms with E-state index in [1.807, 2.05) is 18.2 Å². The number of halogens is 1. The van der Waals surface area contributed by atoms with Crippen molar-refractivity contribution in [2.24, 2.45) is 10.9 Å². The lowest BCUT2D eigenvalue weighted by Gasteiger charge is -2.18. The summed E-state index contributed by atoms with van der Waals surface area (Å²) in [6, 6.07) is 14.3. The van der Waals surface area contributed by atoms with E-state index in [1.165, 1.54) is 11.1 Å². The second-order valence-corrected chi connectivity index (χ2v) is 5.63.